The van der Waals surface area contributed by atoms with Crippen molar-refractivity contribution in [1.29, 1.82) is 0 Å². The summed E-state index contributed by atoms with van der Waals surface area (Å²) < 4.78 is 52.2. The van der Waals surface area contributed by atoms with Crippen LogP contribution in [-0.2, 0) is 72.6 Å². The molecule has 2 aromatic rings. The topological polar surface area (TPSA) is 285 Å². The molecule has 2 heterocycles. The zero-order valence-electron chi connectivity index (χ0n) is 59.6. The number of unbranched alkanes of at least 4 members (excludes halogenated alkanes) is 1. The van der Waals surface area contributed by atoms with Gasteiger partial charge in [-0.1, -0.05) is 109 Å². The summed E-state index contributed by atoms with van der Waals surface area (Å²) in [6, 6.07) is 7.86. The average Bonchev–Trinajstić information content (AvgIpc) is 1.39. The van der Waals surface area contributed by atoms with Crippen molar-refractivity contribution in [3.63, 3.8) is 0 Å². The van der Waals surface area contributed by atoms with Crippen molar-refractivity contribution in [2.45, 2.75) is 193 Å². The molecule has 2 N–H and O–H groups in total. The molecule has 0 bridgehead atoms. The first kappa shape index (κ1) is 83.8. The molecule has 1 aromatic heterocycles. The van der Waals surface area contributed by atoms with E-state index in [2.05, 4.69) is 51.5 Å². The van der Waals surface area contributed by atoms with Gasteiger partial charge in [0, 0.05) is 88.4 Å². The molecule has 0 radical (unpaired) electrons. The number of carbonyl (C=O) groups excluding carboxylic acids is 5. The van der Waals surface area contributed by atoms with Crippen LogP contribution in [0, 0.1) is 29.6 Å². The molecule has 27 heteroatoms. The number of hydrogen-bond donors (Lipinski definition) is 2. The van der Waals surface area contributed by atoms with E-state index in [1.807, 2.05) is 71.9 Å². The van der Waals surface area contributed by atoms with Gasteiger partial charge in [0.05, 0.1) is 134 Å². The molecule has 0 unspecified atom stereocenters. The summed E-state index contributed by atoms with van der Waals surface area (Å²) in [6.07, 6.45) is 5.12. The van der Waals surface area contributed by atoms with Crippen molar-refractivity contribution in [2.75, 3.05) is 119 Å². The lowest BCUT2D eigenvalue weighted by molar-refractivity contribution is -0.150. The van der Waals surface area contributed by atoms with Gasteiger partial charge in [-0.3, -0.25) is 24.0 Å². The summed E-state index contributed by atoms with van der Waals surface area (Å²) in [5.74, 6) is -2.78. The van der Waals surface area contributed by atoms with Gasteiger partial charge >= 0.3 is 0 Å². The minimum atomic E-state index is -2.14. The zero-order valence-corrected chi connectivity index (χ0v) is 62.4. The molecule has 1 aromatic carbocycles. The standard InChI is InChI=1S/C67H117N9O15SSi2/c1-17-50(6)62(58(83-11)43-60(79)76-29-23-26-56(76)64(84-12)51(7)65(81)72-52(8)63(80)54-24-19-18-20-25-54)75(10)66(82)55(48(2)3)42-57(77)61(49(4)5)74(9)59(78)27-21-22-41-93(13,14)91-94(15,16)47-92-67-69-44-53(45-70-67)46-90-40-39-89-38-37-88-36-35-87-34-33-86-32-31-85-30-28-71-73-68/h18-20,24-25,44-45,48-52,55-56,58,61-64,80H,17,21-23,26-43,46-47H2,1-16H3,(H,72,81)/t50-,51+,52+,55-,56-,58+,61-,62-,63+,64+/m1/s1. The van der Waals surface area contributed by atoms with E-state index in [0.29, 0.717) is 122 Å². The number of Topliss-reactive ketones (excluding diaryl/α,β-unsaturated/α-hetero) is 1. The number of aromatic nitrogens is 2. The Labute approximate surface area is 567 Å². The highest BCUT2D eigenvalue weighted by atomic mass is 32.2. The number of ketones is 1. The number of thioether (sulfide) groups is 1. The van der Waals surface area contributed by atoms with Crippen LogP contribution in [0.4, 0.5) is 0 Å². The van der Waals surface area contributed by atoms with E-state index in [-0.39, 0.29) is 72.5 Å². The Morgan fingerprint density at radius 1 is 0.777 bits per heavy atom. The Bertz CT molecular complexity index is 2540. The third-order valence-electron chi connectivity index (χ3n) is 17.3. The molecule has 94 heavy (non-hydrogen) atoms. The molecular weight excluding hydrogens is 1260 g/mol. The third-order valence-corrected chi connectivity index (χ3v) is 27.1. The summed E-state index contributed by atoms with van der Waals surface area (Å²) in [4.78, 5) is 88.4. The van der Waals surface area contributed by atoms with Crippen LogP contribution >= 0.6 is 11.8 Å². The van der Waals surface area contributed by atoms with Gasteiger partial charge in [-0.15, -0.1) is 0 Å². The lowest BCUT2D eigenvalue weighted by atomic mass is 9.83. The van der Waals surface area contributed by atoms with Gasteiger partial charge in [-0.05, 0) is 87.3 Å². The second-order valence-electron chi connectivity index (χ2n) is 26.5. The highest BCUT2D eigenvalue weighted by Crippen LogP contribution is 2.33. The molecule has 10 atom stereocenters. The molecule has 1 aliphatic rings. The third kappa shape index (κ3) is 30.1. The Balaban J connectivity index is 1.45. The number of aliphatic hydroxyl groups is 1. The molecule has 4 amide bonds. The largest absolute Gasteiger partial charge is 0.455 e. The van der Waals surface area contributed by atoms with Gasteiger partial charge in [0.15, 0.2) is 27.6 Å². The quantitative estimate of drug-likeness (QED) is 0.0119. The fourth-order valence-electron chi connectivity index (χ4n) is 12.1. The number of rotatable bonds is 51. The van der Waals surface area contributed by atoms with E-state index < -0.39 is 64.9 Å². The fraction of sp³-hybridized carbons (Fsp3) is 0.776. The second-order valence-corrected chi connectivity index (χ2v) is 36.7. The van der Waals surface area contributed by atoms with Gasteiger partial charge in [0.1, 0.15) is 0 Å². The van der Waals surface area contributed by atoms with Crippen LogP contribution in [0.25, 0.3) is 10.4 Å². The van der Waals surface area contributed by atoms with Gasteiger partial charge in [-0.2, -0.15) is 0 Å². The lowest BCUT2D eigenvalue weighted by Gasteiger charge is -2.41. The first-order valence-electron chi connectivity index (χ1n) is 33.8. The number of ether oxygens (including phenoxy) is 8. The molecule has 0 aliphatic carbocycles. The highest BCUT2D eigenvalue weighted by molar-refractivity contribution is 8.00. The lowest BCUT2D eigenvalue weighted by Crippen LogP contribution is -2.55. The maximum atomic E-state index is 14.9. The van der Waals surface area contributed by atoms with Crippen molar-refractivity contribution in [1.82, 2.24) is 30.0 Å². The number of likely N-dealkylation sites (tertiary alicyclic amines) is 1. The molecule has 1 aliphatic heterocycles. The van der Waals surface area contributed by atoms with E-state index in [1.54, 1.807) is 81.0 Å². The van der Waals surface area contributed by atoms with Crippen molar-refractivity contribution in [3.8, 4) is 0 Å². The zero-order chi connectivity index (χ0) is 69.8. The monoisotopic (exact) mass is 1380 g/mol. The van der Waals surface area contributed by atoms with Crippen LogP contribution in [0.2, 0.25) is 32.2 Å². The minimum Gasteiger partial charge on any atom is -0.455 e. The molecule has 534 valence electrons. The van der Waals surface area contributed by atoms with Crippen LogP contribution in [0.15, 0.2) is 53.0 Å². The summed E-state index contributed by atoms with van der Waals surface area (Å²) in [6.45, 7) is 30.3. The van der Waals surface area contributed by atoms with Crippen molar-refractivity contribution in [3.05, 3.63) is 64.3 Å². The predicted octanol–water partition coefficient (Wildman–Crippen LogP) is 9.49. The minimum absolute atomic E-state index is 0.0138. The predicted molar refractivity (Wildman–Crippen MR) is 370 cm³/mol. The molecular formula is C67H117N9O15SSi2. The number of methoxy groups -OCH3 is 2. The number of hydrogen-bond acceptors (Lipinski definition) is 19. The van der Waals surface area contributed by atoms with E-state index in [1.165, 1.54) is 0 Å². The van der Waals surface area contributed by atoms with Crippen LogP contribution in [0.3, 0.4) is 0 Å². The number of nitrogens with zero attached hydrogens (tertiary/aromatic N) is 8. The van der Waals surface area contributed by atoms with E-state index in [9.17, 15) is 29.1 Å². The van der Waals surface area contributed by atoms with Crippen molar-refractivity contribution in [2.24, 2.45) is 34.7 Å². The summed E-state index contributed by atoms with van der Waals surface area (Å²) in [5.41, 5.74) is 9.80. The molecule has 0 spiro atoms. The molecule has 24 nitrogen and oxygen atoms in total. The maximum Gasteiger partial charge on any atom is 0.226 e. The smallest absolute Gasteiger partial charge is 0.226 e. The van der Waals surface area contributed by atoms with Crippen LogP contribution in [0.5, 0.6) is 0 Å². The van der Waals surface area contributed by atoms with Gasteiger partial charge in [0.2, 0.25) is 23.6 Å². The number of carbonyl (C=O) groups is 5. The van der Waals surface area contributed by atoms with Gasteiger partial charge < -0.3 is 67.1 Å². The van der Waals surface area contributed by atoms with Crippen molar-refractivity contribution < 1.29 is 71.1 Å². The van der Waals surface area contributed by atoms with Crippen LogP contribution < -0.4 is 5.32 Å². The average molecular weight is 1380 g/mol. The Morgan fingerprint density at radius 3 is 1.88 bits per heavy atom. The Hall–Kier alpha value is -4.46. The SMILES string of the molecule is CC[C@@H](C)[C@H]([C@H](CC(=O)N1CCC[C@@H]1[C@@H](OC)[C@H](C)C(=O)N[C@@H](C)[C@H](O)c1ccccc1)OC)N(C)C(=O)[C@H](CC(=O)[C@@H](C(C)C)N(C)C(=O)CCCC[Si](C)(C)O[Si](C)(C)CSc1ncc(COCCOCCOCCOCCOCCOCCN=[N+]=[N-])cn1)C(C)C. The summed E-state index contributed by atoms with van der Waals surface area (Å²) in [5, 5.41) is 18.8. The van der Waals surface area contributed by atoms with Gasteiger partial charge in [-0.25, -0.2) is 9.97 Å². The number of aliphatic hydroxyl groups excluding tert-OH is 1. The normalized spacial score (nSPS) is 16.6. The molecule has 3 rings (SSSR count). The number of azide groups is 1. The fourth-order valence-corrected chi connectivity index (χ4v) is 22.5. The molecule has 0 saturated carbocycles. The van der Waals surface area contributed by atoms with Crippen molar-refractivity contribution >= 4 is 57.8 Å². The number of amides is 4. The Morgan fingerprint density at radius 2 is 1.35 bits per heavy atom. The van der Waals surface area contributed by atoms with Gasteiger partial charge in [0.25, 0.3) is 0 Å². The van der Waals surface area contributed by atoms with Crippen LogP contribution in [0.1, 0.15) is 124 Å². The molecule has 1 fully saturated rings. The second kappa shape index (κ2) is 45.2. The van der Waals surface area contributed by atoms with E-state index in [4.69, 9.17) is 47.5 Å². The molecule has 1 saturated heterocycles. The number of likely N-dealkylation sites (N-methyl/N-ethyl adjacent to an activating group) is 2. The summed E-state index contributed by atoms with van der Waals surface area (Å²) in [7, 11) is 2.29. The first-order chi connectivity index (χ1) is 44.7. The van der Waals surface area contributed by atoms with E-state index >= 15 is 0 Å². The number of benzene rings is 1. The first-order valence-corrected chi connectivity index (χ1v) is 41.0. The Kier molecular flexibility index (Phi) is 40.3. The summed E-state index contributed by atoms with van der Waals surface area (Å²) >= 11 is 1.60. The number of nitrogens with one attached hydrogen (secondary N) is 1. The van der Waals surface area contributed by atoms with E-state index in [0.717, 1.165) is 29.8 Å². The van der Waals surface area contributed by atoms with Crippen LogP contribution in [-0.4, -0.2) is 232 Å². The highest BCUT2D eigenvalue weighted by Gasteiger charge is 2.44. The maximum absolute atomic E-state index is 14.9.